The van der Waals surface area contributed by atoms with Crippen molar-refractivity contribution in [3.63, 3.8) is 0 Å². The average molecular weight is 373 g/mol. The Kier molecular flexibility index (Phi) is 2.71. The van der Waals surface area contributed by atoms with Gasteiger partial charge in [-0.1, -0.05) is 60.7 Å². The average Bonchev–Trinajstić information content (AvgIpc) is 3.44. The number of nitrogens with zero attached hydrogens (tertiary/aromatic N) is 2. The van der Waals surface area contributed by atoms with E-state index in [0.29, 0.717) is 6.01 Å². The van der Waals surface area contributed by atoms with Crippen molar-refractivity contribution in [1.82, 2.24) is 14.5 Å². The van der Waals surface area contributed by atoms with Crippen LogP contribution in [0.15, 0.2) is 89.3 Å². The molecule has 0 spiro atoms. The number of hydrogen-bond acceptors (Lipinski definition) is 2. The van der Waals surface area contributed by atoms with Gasteiger partial charge >= 0.3 is 6.01 Å². The number of nitrogens with one attached hydrogen (secondary N) is 1. The van der Waals surface area contributed by atoms with Crippen LogP contribution in [0.3, 0.4) is 0 Å². The summed E-state index contributed by atoms with van der Waals surface area (Å²) < 4.78 is 8.33. The number of oxazole rings is 1. The maximum atomic E-state index is 6.19. The Morgan fingerprint density at radius 3 is 2.38 bits per heavy atom. The summed E-state index contributed by atoms with van der Waals surface area (Å²) in [5.74, 6) is 0. The Labute approximate surface area is 165 Å². The molecule has 3 aromatic heterocycles. The van der Waals surface area contributed by atoms with E-state index in [-0.39, 0.29) is 0 Å². The first-order chi connectivity index (χ1) is 14.4. The fourth-order valence-electron chi connectivity index (χ4n) is 4.52. The van der Waals surface area contributed by atoms with Crippen LogP contribution in [0, 0.1) is 0 Å². The van der Waals surface area contributed by atoms with Crippen molar-refractivity contribution in [3.8, 4) is 6.01 Å². The molecule has 0 aliphatic rings. The second kappa shape index (κ2) is 5.26. The van der Waals surface area contributed by atoms with Crippen LogP contribution in [0.4, 0.5) is 0 Å². The Morgan fingerprint density at radius 2 is 1.45 bits per heavy atom. The summed E-state index contributed by atoms with van der Waals surface area (Å²) in [5, 5.41) is 4.79. The van der Waals surface area contributed by atoms with E-state index in [0.717, 1.165) is 33.2 Å². The van der Waals surface area contributed by atoms with Gasteiger partial charge in [0.05, 0.1) is 16.6 Å². The summed E-state index contributed by atoms with van der Waals surface area (Å²) >= 11 is 0. The molecule has 4 aromatic carbocycles. The summed E-state index contributed by atoms with van der Waals surface area (Å²) in [6, 6.07) is 29.7. The van der Waals surface area contributed by atoms with Gasteiger partial charge in [0.2, 0.25) is 0 Å². The van der Waals surface area contributed by atoms with Gasteiger partial charge in [-0.25, -0.2) is 0 Å². The van der Waals surface area contributed by atoms with E-state index < -0.39 is 0 Å². The highest BCUT2D eigenvalue weighted by Gasteiger charge is 2.19. The molecule has 0 amide bonds. The third kappa shape index (κ3) is 1.90. The molecule has 7 aromatic rings. The van der Waals surface area contributed by atoms with Gasteiger partial charge in [-0.2, -0.15) is 4.98 Å². The number of para-hydroxylation sites is 4. The SMILES string of the molecule is c1ccc2oc(-n3c4ccccc4c4ccc5c6ccccc6[nH]c5c43)nc2c1. The second-order valence-corrected chi connectivity index (χ2v) is 7.37. The van der Waals surface area contributed by atoms with Crippen molar-refractivity contribution in [2.24, 2.45) is 0 Å². The largest absolute Gasteiger partial charge is 0.423 e. The molecule has 3 heterocycles. The number of fused-ring (bicyclic) bond motifs is 8. The number of aromatic nitrogens is 3. The lowest BCUT2D eigenvalue weighted by Gasteiger charge is -2.03. The number of benzene rings is 4. The van der Waals surface area contributed by atoms with Gasteiger partial charge in [0.15, 0.2) is 5.58 Å². The van der Waals surface area contributed by atoms with Crippen molar-refractivity contribution >= 4 is 54.7 Å². The van der Waals surface area contributed by atoms with Crippen LogP contribution >= 0.6 is 0 Å². The molecule has 1 N–H and O–H groups in total. The van der Waals surface area contributed by atoms with Gasteiger partial charge in [0.1, 0.15) is 5.52 Å². The number of hydrogen-bond donors (Lipinski definition) is 1. The maximum Gasteiger partial charge on any atom is 0.307 e. The quantitative estimate of drug-likeness (QED) is 0.354. The molecule has 0 fully saturated rings. The Morgan fingerprint density at radius 1 is 0.690 bits per heavy atom. The summed E-state index contributed by atoms with van der Waals surface area (Å²) in [5.41, 5.74) is 6.05. The van der Waals surface area contributed by atoms with E-state index in [2.05, 4.69) is 70.2 Å². The van der Waals surface area contributed by atoms with Gasteiger partial charge in [-0.15, -0.1) is 0 Å². The molecule has 7 rings (SSSR count). The minimum atomic E-state index is 0.587. The van der Waals surface area contributed by atoms with E-state index in [1.165, 1.54) is 21.5 Å². The minimum Gasteiger partial charge on any atom is -0.423 e. The van der Waals surface area contributed by atoms with Crippen LogP contribution < -0.4 is 0 Å². The minimum absolute atomic E-state index is 0.587. The molecule has 0 aliphatic heterocycles. The third-order valence-corrected chi connectivity index (χ3v) is 5.79. The van der Waals surface area contributed by atoms with Gasteiger partial charge < -0.3 is 9.40 Å². The zero-order chi connectivity index (χ0) is 18.9. The van der Waals surface area contributed by atoms with E-state index >= 15 is 0 Å². The van der Waals surface area contributed by atoms with Crippen molar-refractivity contribution in [2.75, 3.05) is 0 Å². The predicted molar refractivity (Wildman–Crippen MR) is 118 cm³/mol. The maximum absolute atomic E-state index is 6.19. The number of aromatic amines is 1. The van der Waals surface area contributed by atoms with Crippen LogP contribution in [0.2, 0.25) is 0 Å². The van der Waals surface area contributed by atoms with Crippen LogP contribution in [0.25, 0.3) is 60.7 Å². The zero-order valence-corrected chi connectivity index (χ0v) is 15.4. The summed E-state index contributed by atoms with van der Waals surface area (Å²) in [4.78, 5) is 8.43. The number of rotatable bonds is 1. The molecule has 136 valence electrons. The lowest BCUT2D eigenvalue weighted by atomic mass is 10.1. The molecule has 0 saturated carbocycles. The van der Waals surface area contributed by atoms with Crippen LogP contribution in [0.5, 0.6) is 0 Å². The highest BCUT2D eigenvalue weighted by atomic mass is 16.4. The first kappa shape index (κ1) is 14.9. The van der Waals surface area contributed by atoms with E-state index in [1.807, 2.05) is 24.3 Å². The first-order valence-electron chi connectivity index (χ1n) is 9.67. The summed E-state index contributed by atoms with van der Waals surface area (Å²) in [7, 11) is 0. The summed E-state index contributed by atoms with van der Waals surface area (Å²) in [6.07, 6.45) is 0. The van der Waals surface area contributed by atoms with Crippen molar-refractivity contribution in [2.45, 2.75) is 0 Å². The topological polar surface area (TPSA) is 46.8 Å². The molecule has 4 nitrogen and oxygen atoms in total. The molecular formula is C25H15N3O. The fourth-order valence-corrected chi connectivity index (χ4v) is 4.52. The molecule has 0 radical (unpaired) electrons. The smallest absolute Gasteiger partial charge is 0.307 e. The molecule has 4 heteroatoms. The molecule has 0 unspecified atom stereocenters. The molecular weight excluding hydrogens is 358 g/mol. The zero-order valence-electron chi connectivity index (χ0n) is 15.4. The van der Waals surface area contributed by atoms with E-state index in [9.17, 15) is 0 Å². The van der Waals surface area contributed by atoms with Gasteiger partial charge in [-0.05, 0) is 24.3 Å². The molecule has 0 bridgehead atoms. The Bertz CT molecular complexity index is 1680. The summed E-state index contributed by atoms with van der Waals surface area (Å²) in [6.45, 7) is 0. The lowest BCUT2D eigenvalue weighted by molar-refractivity contribution is 0.574. The molecule has 0 saturated heterocycles. The molecule has 29 heavy (non-hydrogen) atoms. The normalized spacial score (nSPS) is 12.1. The first-order valence-corrected chi connectivity index (χ1v) is 9.67. The van der Waals surface area contributed by atoms with E-state index in [1.54, 1.807) is 0 Å². The highest BCUT2D eigenvalue weighted by Crippen LogP contribution is 2.38. The number of H-pyrrole nitrogens is 1. The second-order valence-electron chi connectivity index (χ2n) is 7.37. The molecule has 0 atom stereocenters. The van der Waals surface area contributed by atoms with Crippen molar-refractivity contribution < 1.29 is 4.42 Å². The van der Waals surface area contributed by atoms with Gasteiger partial charge in [0, 0.05) is 27.1 Å². The Hall–Kier alpha value is -4.05. The lowest BCUT2D eigenvalue weighted by Crippen LogP contribution is -1.94. The predicted octanol–water partition coefficient (Wildman–Crippen LogP) is 6.56. The highest BCUT2D eigenvalue weighted by molar-refractivity contribution is 6.22. The van der Waals surface area contributed by atoms with E-state index in [4.69, 9.17) is 9.40 Å². The van der Waals surface area contributed by atoms with Gasteiger partial charge in [-0.3, -0.25) is 4.57 Å². The fraction of sp³-hybridized carbons (Fsp3) is 0. The van der Waals surface area contributed by atoms with Crippen LogP contribution in [-0.4, -0.2) is 14.5 Å². The monoisotopic (exact) mass is 373 g/mol. The van der Waals surface area contributed by atoms with Crippen molar-refractivity contribution in [1.29, 1.82) is 0 Å². The van der Waals surface area contributed by atoms with Gasteiger partial charge in [0.25, 0.3) is 0 Å². The Balaban J connectivity index is 1.74. The standard InChI is InChI=1S/C25H15N3O/c1-3-9-19-15(7-1)17-13-14-18-16-8-2-5-11-21(16)28(24(18)23(17)26-19)25-27-20-10-4-6-12-22(20)29-25/h1-14,26H. The van der Waals surface area contributed by atoms with Crippen molar-refractivity contribution in [3.05, 3.63) is 84.9 Å². The van der Waals surface area contributed by atoms with Crippen LogP contribution in [-0.2, 0) is 0 Å². The third-order valence-electron chi connectivity index (χ3n) is 5.79. The van der Waals surface area contributed by atoms with Crippen LogP contribution in [0.1, 0.15) is 0 Å². The molecule has 0 aliphatic carbocycles.